The number of carboxylic acids is 1. The molecule has 28 heavy (non-hydrogen) atoms. The van der Waals surface area contributed by atoms with E-state index >= 15 is 0 Å². The first kappa shape index (κ1) is 19.9. The van der Waals surface area contributed by atoms with Crippen LogP contribution in [0.4, 0.5) is 4.79 Å². The fourth-order valence-electron chi connectivity index (χ4n) is 3.17. The van der Waals surface area contributed by atoms with Gasteiger partial charge in [0.05, 0.1) is 17.9 Å². The topological polar surface area (TPSA) is 104 Å². The molecule has 9 heteroatoms. The van der Waals surface area contributed by atoms with Gasteiger partial charge in [0.15, 0.2) is 0 Å². The van der Waals surface area contributed by atoms with Crippen LogP contribution in [0.5, 0.6) is 5.75 Å². The minimum absolute atomic E-state index is 0.229. The number of carboxylic acid groups (broad SMARTS) is 1. The standard InChI is InChI=1S/C19H20N2O6S/c1-27-14-5-3-2-4-13(14)10-15-17(23)21(19(26)28-15)11-16(22)20-8-6-12(7-9-20)18(24)25/h2-5,10,12H,6-9,11H2,1H3,(H,24,25)/b15-10-. The van der Waals surface area contributed by atoms with Crippen molar-refractivity contribution in [2.24, 2.45) is 5.92 Å². The van der Waals surface area contributed by atoms with E-state index in [0.29, 0.717) is 37.2 Å². The Morgan fingerprint density at radius 1 is 1.25 bits per heavy atom. The van der Waals surface area contributed by atoms with E-state index in [1.54, 1.807) is 30.3 Å². The highest BCUT2D eigenvalue weighted by molar-refractivity contribution is 8.18. The summed E-state index contributed by atoms with van der Waals surface area (Å²) >= 11 is 0.783. The van der Waals surface area contributed by atoms with Crippen LogP contribution < -0.4 is 4.74 Å². The number of nitrogens with zero attached hydrogens (tertiary/aromatic N) is 2. The van der Waals surface area contributed by atoms with Crippen LogP contribution in [0, 0.1) is 5.92 Å². The van der Waals surface area contributed by atoms with Crippen molar-refractivity contribution in [2.45, 2.75) is 12.8 Å². The normalized spacial score (nSPS) is 19.4. The quantitative estimate of drug-likeness (QED) is 0.749. The minimum atomic E-state index is -0.862. The first-order valence-corrected chi connectivity index (χ1v) is 9.61. The lowest BCUT2D eigenvalue weighted by molar-refractivity contribution is -0.146. The Morgan fingerprint density at radius 3 is 2.57 bits per heavy atom. The Hall–Kier alpha value is -2.81. The number of methoxy groups -OCH3 is 1. The lowest BCUT2D eigenvalue weighted by Gasteiger charge is -2.30. The van der Waals surface area contributed by atoms with Crippen LogP contribution in [0.15, 0.2) is 29.2 Å². The Bertz CT molecular complexity index is 845. The van der Waals surface area contributed by atoms with Crippen LogP contribution in [0.25, 0.3) is 6.08 Å². The Labute approximate surface area is 166 Å². The van der Waals surface area contributed by atoms with E-state index < -0.39 is 23.0 Å². The molecule has 1 aromatic carbocycles. The van der Waals surface area contributed by atoms with Gasteiger partial charge < -0.3 is 14.7 Å². The van der Waals surface area contributed by atoms with Crippen molar-refractivity contribution in [1.29, 1.82) is 0 Å². The summed E-state index contributed by atoms with van der Waals surface area (Å²) in [6, 6.07) is 7.11. The largest absolute Gasteiger partial charge is 0.496 e. The number of rotatable bonds is 5. The summed E-state index contributed by atoms with van der Waals surface area (Å²) in [7, 11) is 1.52. The molecule has 2 aliphatic heterocycles. The van der Waals surface area contributed by atoms with Crippen LogP contribution in [0.1, 0.15) is 18.4 Å². The summed E-state index contributed by atoms with van der Waals surface area (Å²) in [5, 5.41) is 8.53. The molecule has 148 valence electrons. The average molecular weight is 404 g/mol. The molecule has 2 fully saturated rings. The third-order valence-electron chi connectivity index (χ3n) is 4.79. The Kier molecular flexibility index (Phi) is 6.03. The fraction of sp³-hybridized carbons (Fsp3) is 0.368. The molecule has 0 radical (unpaired) electrons. The van der Waals surface area contributed by atoms with Crippen molar-refractivity contribution >= 4 is 40.9 Å². The van der Waals surface area contributed by atoms with Crippen molar-refractivity contribution in [3.8, 4) is 5.75 Å². The van der Waals surface area contributed by atoms with Gasteiger partial charge in [0.1, 0.15) is 12.3 Å². The third-order valence-corrected chi connectivity index (χ3v) is 5.70. The number of likely N-dealkylation sites (tertiary alicyclic amines) is 1. The van der Waals surface area contributed by atoms with E-state index in [0.717, 1.165) is 16.7 Å². The number of amides is 3. The van der Waals surface area contributed by atoms with Gasteiger partial charge in [0.2, 0.25) is 5.91 Å². The maximum Gasteiger partial charge on any atom is 0.306 e. The maximum absolute atomic E-state index is 12.6. The summed E-state index contributed by atoms with van der Waals surface area (Å²) in [5.74, 6) is -1.62. The van der Waals surface area contributed by atoms with Gasteiger partial charge in [0, 0.05) is 18.7 Å². The number of aliphatic carboxylic acids is 1. The molecule has 0 atom stereocenters. The predicted octanol–water partition coefficient (Wildman–Crippen LogP) is 2.05. The van der Waals surface area contributed by atoms with Gasteiger partial charge >= 0.3 is 5.97 Å². The van der Waals surface area contributed by atoms with E-state index in [-0.39, 0.29) is 17.4 Å². The molecule has 1 N–H and O–H groups in total. The van der Waals surface area contributed by atoms with Crippen LogP contribution in [-0.4, -0.2) is 64.7 Å². The number of hydrogen-bond acceptors (Lipinski definition) is 6. The van der Waals surface area contributed by atoms with Crippen LogP contribution in [0.2, 0.25) is 0 Å². The molecule has 8 nitrogen and oxygen atoms in total. The van der Waals surface area contributed by atoms with Crippen molar-refractivity contribution < 1.29 is 29.0 Å². The number of ether oxygens (including phenoxy) is 1. The van der Waals surface area contributed by atoms with Crippen LogP contribution in [0.3, 0.4) is 0 Å². The number of imide groups is 1. The summed E-state index contributed by atoms with van der Waals surface area (Å²) in [5.41, 5.74) is 0.664. The van der Waals surface area contributed by atoms with Gasteiger partial charge in [0.25, 0.3) is 11.1 Å². The fourth-order valence-corrected chi connectivity index (χ4v) is 4.00. The molecular weight excluding hydrogens is 384 g/mol. The Morgan fingerprint density at radius 2 is 1.93 bits per heavy atom. The second kappa shape index (κ2) is 8.47. The van der Waals surface area contributed by atoms with Gasteiger partial charge in [-0.2, -0.15) is 0 Å². The number of hydrogen-bond donors (Lipinski definition) is 1. The molecule has 1 aromatic rings. The second-order valence-corrected chi connectivity index (χ2v) is 7.50. The number of carbonyl (C=O) groups is 4. The van der Waals surface area contributed by atoms with E-state index in [1.165, 1.54) is 12.0 Å². The molecular formula is C19H20N2O6S. The maximum atomic E-state index is 12.6. The van der Waals surface area contributed by atoms with E-state index in [2.05, 4.69) is 0 Å². The average Bonchev–Trinajstić information content (AvgIpc) is 2.95. The summed E-state index contributed by atoms with van der Waals surface area (Å²) in [6.45, 7) is 0.276. The SMILES string of the molecule is COc1ccccc1/C=C1\SC(=O)N(CC(=O)N2CCC(C(=O)O)CC2)C1=O. The predicted molar refractivity (Wildman–Crippen MR) is 103 cm³/mol. The van der Waals surface area contributed by atoms with Crippen molar-refractivity contribution in [1.82, 2.24) is 9.80 Å². The summed E-state index contributed by atoms with van der Waals surface area (Å²) in [4.78, 5) is 51.0. The molecule has 0 aliphatic carbocycles. The van der Waals surface area contributed by atoms with E-state index in [1.807, 2.05) is 0 Å². The van der Waals surface area contributed by atoms with E-state index in [4.69, 9.17) is 9.84 Å². The zero-order valence-electron chi connectivity index (χ0n) is 15.3. The highest BCUT2D eigenvalue weighted by Crippen LogP contribution is 2.34. The monoisotopic (exact) mass is 404 g/mol. The number of para-hydroxylation sites is 1. The zero-order valence-corrected chi connectivity index (χ0v) is 16.1. The molecule has 2 aliphatic rings. The van der Waals surface area contributed by atoms with Gasteiger partial charge in [-0.1, -0.05) is 18.2 Å². The highest BCUT2D eigenvalue weighted by Gasteiger charge is 2.38. The van der Waals surface area contributed by atoms with Crippen molar-refractivity contribution in [2.75, 3.05) is 26.7 Å². The van der Waals surface area contributed by atoms with Crippen LogP contribution in [-0.2, 0) is 14.4 Å². The lowest BCUT2D eigenvalue weighted by Crippen LogP contribution is -2.46. The number of carbonyl (C=O) groups excluding carboxylic acids is 3. The first-order valence-electron chi connectivity index (χ1n) is 8.79. The molecule has 0 bridgehead atoms. The van der Waals surface area contributed by atoms with Gasteiger partial charge in [-0.05, 0) is 36.7 Å². The molecule has 0 saturated carbocycles. The van der Waals surface area contributed by atoms with Gasteiger partial charge in [-0.3, -0.25) is 24.1 Å². The number of piperidine rings is 1. The van der Waals surface area contributed by atoms with E-state index in [9.17, 15) is 19.2 Å². The smallest absolute Gasteiger partial charge is 0.306 e. The van der Waals surface area contributed by atoms with Crippen molar-refractivity contribution in [3.63, 3.8) is 0 Å². The highest BCUT2D eigenvalue weighted by atomic mass is 32.2. The van der Waals surface area contributed by atoms with Crippen LogP contribution >= 0.6 is 11.8 Å². The lowest BCUT2D eigenvalue weighted by atomic mass is 9.97. The molecule has 2 saturated heterocycles. The first-order chi connectivity index (χ1) is 13.4. The molecule has 0 aromatic heterocycles. The third kappa shape index (κ3) is 4.19. The Balaban J connectivity index is 1.66. The number of thioether (sulfide) groups is 1. The van der Waals surface area contributed by atoms with Gasteiger partial charge in [-0.15, -0.1) is 0 Å². The van der Waals surface area contributed by atoms with Crippen molar-refractivity contribution in [3.05, 3.63) is 34.7 Å². The second-order valence-electron chi connectivity index (χ2n) is 6.50. The summed E-state index contributed by atoms with van der Waals surface area (Å²) in [6.07, 6.45) is 2.32. The molecule has 0 spiro atoms. The van der Waals surface area contributed by atoms with Gasteiger partial charge in [-0.25, -0.2) is 0 Å². The molecule has 3 amide bonds. The number of benzene rings is 1. The minimum Gasteiger partial charge on any atom is -0.496 e. The zero-order chi connectivity index (χ0) is 20.3. The molecule has 0 unspecified atom stereocenters. The summed E-state index contributed by atoms with van der Waals surface area (Å²) < 4.78 is 5.25. The molecule has 3 rings (SSSR count). The molecule has 2 heterocycles.